The van der Waals surface area contributed by atoms with E-state index < -0.39 is 0 Å². The van der Waals surface area contributed by atoms with E-state index in [-0.39, 0.29) is 5.54 Å². The third-order valence-corrected chi connectivity index (χ3v) is 3.68. The van der Waals surface area contributed by atoms with Crippen LogP contribution < -0.4 is 4.74 Å². The van der Waals surface area contributed by atoms with Gasteiger partial charge >= 0.3 is 0 Å². The highest BCUT2D eigenvalue weighted by Crippen LogP contribution is 2.22. The molecular weight excluding hydrogens is 286 g/mol. The van der Waals surface area contributed by atoms with E-state index in [1.807, 2.05) is 44.4 Å². The molecule has 0 N–H and O–H groups in total. The molecule has 5 heteroatoms. The SMILES string of the molecule is CN(C)C(C)(C)COc1cc(Cl)nc(-c2ccccc2)n1. The van der Waals surface area contributed by atoms with Crippen molar-refractivity contribution in [1.82, 2.24) is 14.9 Å². The smallest absolute Gasteiger partial charge is 0.218 e. The van der Waals surface area contributed by atoms with E-state index in [1.54, 1.807) is 6.07 Å². The van der Waals surface area contributed by atoms with Crippen molar-refractivity contribution < 1.29 is 4.74 Å². The number of benzene rings is 1. The number of nitrogens with zero attached hydrogens (tertiary/aromatic N) is 3. The van der Waals surface area contributed by atoms with Gasteiger partial charge in [0.05, 0.1) is 0 Å². The van der Waals surface area contributed by atoms with Crippen molar-refractivity contribution in [3.05, 3.63) is 41.6 Å². The minimum absolute atomic E-state index is 0.0929. The van der Waals surface area contributed by atoms with Crippen molar-refractivity contribution in [2.45, 2.75) is 19.4 Å². The largest absolute Gasteiger partial charge is 0.476 e. The van der Waals surface area contributed by atoms with Crippen molar-refractivity contribution in [3.63, 3.8) is 0 Å². The van der Waals surface area contributed by atoms with Crippen LogP contribution in [0.3, 0.4) is 0 Å². The third kappa shape index (κ3) is 4.16. The molecule has 0 aliphatic heterocycles. The lowest BCUT2D eigenvalue weighted by Gasteiger charge is -2.31. The van der Waals surface area contributed by atoms with E-state index in [0.29, 0.717) is 23.5 Å². The van der Waals surface area contributed by atoms with Gasteiger partial charge in [-0.1, -0.05) is 41.9 Å². The van der Waals surface area contributed by atoms with Crippen molar-refractivity contribution >= 4 is 11.6 Å². The number of rotatable bonds is 5. The van der Waals surface area contributed by atoms with E-state index in [4.69, 9.17) is 16.3 Å². The first-order valence-corrected chi connectivity index (χ1v) is 7.16. The number of hydrogen-bond donors (Lipinski definition) is 0. The van der Waals surface area contributed by atoms with E-state index in [0.717, 1.165) is 5.56 Å². The molecule has 2 rings (SSSR count). The minimum Gasteiger partial charge on any atom is -0.476 e. The van der Waals surface area contributed by atoms with Crippen molar-refractivity contribution in [2.75, 3.05) is 20.7 Å². The average molecular weight is 306 g/mol. The number of likely N-dealkylation sites (N-methyl/N-ethyl adjacent to an activating group) is 1. The normalized spacial score (nSPS) is 11.7. The molecule has 0 aliphatic carbocycles. The molecule has 0 unspecified atom stereocenters. The number of hydrogen-bond acceptors (Lipinski definition) is 4. The Morgan fingerprint density at radius 3 is 2.43 bits per heavy atom. The summed E-state index contributed by atoms with van der Waals surface area (Å²) in [4.78, 5) is 10.8. The molecule has 0 fully saturated rings. The Morgan fingerprint density at radius 1 is 1.14 bits per heavy atom. The van der Waals surface area contributed by atoms with Crippen LogP contribution in [-0.4, -0.2) is 41.1 Å². The van der Waals surface area contributed by atoms with E-state index in [9.17, 15) is 0 Å². The molecule has 2 aromatic rings. The fraction of sp³-hybridized carbons (Fsp3) is 0.375. The minimum atomic E-state index is -0.0929. The highest BCUT2D eigenvalue weighted by atomic mass is 35.5. The Morgan fingerprint density at radius 2 is 1.81 bits per heavy atom. The summed E-state index contributed by atoms with van der Waals surface area (Å²) in [6, 6.07) is 11.4. The Hall–Kier alpha value is -1.65. The van der Waals surface area contributed by atoms with Gasteiger partial charge in [-0.2, -0.15) is 4.98 Å². The molecule has 1 heterocycles. The van der Waals surface area contributed by atoms with Crippen LogP contribution >= 0.6 is 11.6 Å². The number of ether oxygens (including phenoxy) is 1. The first-order chi connectivity index (χ1) is 9.88. The maximum absolute atomic E-state index is 6.07. The lowest BCUT2D eigenvalue weighted by atomic mass is 10.1. The summed E-state index contributed by atoms with van der Waals surface area (Å²) in [6.45, 7) is 4.73. The van der Waals surface area contributed by atoms with Gasteiger partial charge < -0.3 is 9.64 Å². The molecule has 0 radical (unpaired) electrons. The predicted octanol–water partition coefficient (Wildman–Crippen LogP) is 3.52. The van der Waals surface area contributed by atoms with Gasteiger partial charge in [-0.3, -0.25) is 0 Å². The highest BCUT2D eigenvalue weighted by molar-refractivity contribution is 6.29. The molecule has 0 amide bonds. The second-order valence-electron chi connectivity index (χ2n) is 5.71. The van der Waals surface area contributed by atoms with E-state index >= 15 is 0 Å². The fourth-order valence-corrected chi connectivity index (χ4v) is 1.74. The summed E-state index contributed by atoms with van der Waals surface area (Å²) in [5.74, 6) is 1.06. The molecule has 0 saturated heterocycles. The molecular formula is C16H20ClN3O. The van der Waals surface area contributed by atoms with E-state index in [1.165, 1.54) is 0 Å². The van der Waals surface area contributed by atoms with Crippen LogP contribution in [0, 0.1) is 0 Å². The summed E-state index contributed by atoms with van der Waals surface area (Å²) in [5, 5.41) is 0.376. The number of aromatic nitrogens is 2. The van der Waals surface area contributed by atoms with Gasteiger partial charge in [0.25, 0.3) is 0 Å². The van der Waals surface area contributed by atoms with Crippen LogP contribution in [0.15, 0.2) is 36.4 Å². The number of halogens is 1. The molecule has 112 valence electrons. The van der Waals surface area contributed by atoms with Crippen molar-refractivity contribution in [2.24, 2.45) is 0 Å². The van der Waals surface area contributed by atoms with Crippen LogP contribution in [-0.2, 0) is 0 Å². The van der Waals surface area contributed by atoms with Crippen molar-refractivity contribution in [3.8, 4) is 17.3 Å². The van der Waals surface area contributed by atoms with Gasteiger partial charge in [0.15, 0.2) is 5.82 Å². The Labute approximate surface area is 130 Å². The molecule has 1 aromatic heterocycles. The molecule has 0 spiro atoms. The van der Waals surface area contributed by atoms with Gasteiger partial charge in [-0.15, -0.1) is 0 Å². The van der Waals surface area contributed by atoms with Gasteiger partial charge in [0.2, 0.25) is 5.88 Å². The maximum Gasteiger partial charge on any atom is 0.218 e. The first-order valence-electron chi connectivity index (χ1n) is 6.79. The molecule has 1 aromatic carbocycles. The second kappa shape index (κ2) is 6.41. The average Bonchev–Trinajstić information content (AvgIpc) is 2.45. The quantitative estimate of drug-likeness (QED) is 0.792. The predicted molar refractivity (Wildman–Crippen MR) is 85.7 cm³/mol. The maximum atomic E-state index is 6.07. The zero-order valence-corrected chi connectivity index (χ0v) is 13.6. The summed E-state index contributed by atoms with van der Waals surface area (Å²) >= 11 is 6.07. The summed E-state index contributed by atoms with van der Waals surface area (Å²) in [7, 11) is 4.04. The lowest BCUT2D eigenvalue weighted by molar-refractivity contribution is 0.111. The molecule has 0 aliphatic rings. The van der Waals surface area contributed by atoms with Crippen LogP contribution in [0.1, 0.15) is 13.8 Å². The topological polar surface area (TPSA) is 38.2 Å². The monoisotopic (exact) mass is 305 g/mol. The van der Waals surface area contributed by atoms with Crippen molar-refractivity contribution in [1.29, 1.82) is 0 Å². The fourth-order valence-electron chi connectivity index (χ4n) is 1.57. The van der Waals surface area contributed by atoms with E-state index in [2.05, 4.69) is 28.7 Å². The molecule has 4 nitrogen and oxygen atoms in total. The molecule has 21 heavy (non-hydrogen) atoms. The molecule has 0 atom stereocenters. The summed E-state index contributed by atoms with van der Waals surface area (Å²) < 4.78 is 5.80. The molecule has 0 saturated carbocycles. The zero-order valence-electron chi connectivity index (χ0n) is 12.8. The van der Waals surface area contributed by atoms with Crippen LogP contribution in [0.25, 0.3) is 11.4 Å². The Balaban J connectivity index is 2.20. The second-order valence-corrected chi connectivity index (χ2v) is 6.10. The Bertz CT molecular complexity index is 600. The van der Waals surface area contributed by atoms with Gasteiger partial charge in [0, 0.05) is 17.2 Å². The van der Waals surface area contributed by atoms with Crippen LogP contribution in [0.5, 0.6) is 5.88 Å². The van der Waals surface area contributed by atoms with Gasteiger partial charge in [-0.25, -0.2) is 4.98 Å². The third-order valence-electron chi connectivity index (χ3n) is 3.49. The van der Waals surface area contributed by atoms with Gasteiger partial charge in [-0.05, 0) is 27.9 Å². The summed E-state index contributed by atoms with van der Waals surface area (Å²) in [6.07, 6.45) is 0. The molecule has 0 bridgehead atoms. The summed E-state index contributed by atoms with van der Waals surface area (Å²) in [5.41, 5.74) is 0.821. The van der Waals surface area contributed by atoms with Crippen LogP contribution in [0.4, 0.5) is 0 Å². The van der Waals surface area contributed by atoms with Crippen LogP contribution in [0.2, 0.25) is 5.15 Å². The Kier molecular flexibility index (Phi) is 4.80. The lowest BCUT2D eigenvalue weighted by Crippen LogP contribution is -2.43. The first kappa shape index (κ1) is 15.7. The zero-order chi connectivity index (χ0) is 15.5. The standard InChI is InChI=1S/C16H20ClN3O/c1-16(2,20(3)4)11-21-14-10-13(17)18-15(19-14)12-8-6-5-7-9-12/h5-10H,11H2,1-4H3. The van der Waals surface area contributed by atoms with Gasteiger partial charge in [0.1, 0.15) is 11.8 Å². The highest BCUT2D eigenvalue weighted by Gasteiger charge is 2.21.